The minimum Gasteiger partial charge on any atom is -0.481 e. The van der Waals surface area contributed by atoms with Gasteiger partial charge in [-0.25, -0.2) is 0 Å². The van der Waals surface area contributed by atoms with E-state index in [2.05, 4.69) is 4.74 Å². The molecule has 0 saturated heterocycles. The lowest BCUT2D eigenvalue weighted by Crippen LogP contribution is -2.03. The number of alkyl halides is 2. The van der Waals surface area contributed by atoms with E-state index in [0.29, 0.717) is 10.9 Å². The predicted molar refractivity (Wildman–Crippen MR) is 61.9 cm³/mol. The summed E-state index contributed by atoms with van der Waals surface area (Å²) in [5.41, 5.74) is 0.542. The molecule has 0 fully saturated rings. The molecule has 0 aromatic heterocycles. The maximum atomic E-state index is 12.2. The van der Waals surface area contributed by atoms with E-state index in [-0.39, 0.29) is 12.2 Å². The molecule has 0 heterocycles. The van der Waals surface area contributed by atoms with Gasteiger partial charge < -0.3 is 9.84 Å². The van der Waals surface area contributed by atoms with Gasteiger partial charge in [0.1, 0.15) is 5.75 Å². The van der Waals surface area contributed by atoms with E-state index in [1.54, 1.807) is 30.3 Å². The Balaban J connectivity index is 2.47. The average molecular weight is 252 g/mol. The molecule has 0 saturated carbocycles. The first-order chi connectivity index (χ1) is 8.56. The van der Waals surface area contributed by atoms with Crippen molar-refractivity contribution in [3.8, 4) is 5.75 Å². The van der Waals surface area contributed by atoms with E-state index >= 15 is 0 Å². The lowest BCUT2D eigenvalue weighted by Gasteiger charge is -2.09. The fraction of sp³-hybridized carbons (Fsp3) is 0.154. The van der Waals surface area contributed by atoms with Gasteiger partial charge >= 0.3 is 12.6 Å². The quantitative estimate of drug-likeness (QED) is 0.909. The van der Waals surface area contributed by atoms with E-state index in [4.69, 9.17) is 5.11 Å². The second kappa shape index (κ2) is 5.00. The fourth-order valence-corrected chi connectivity index (χ4v) is 1.77. The summed E-state index contributed by atoms with van der Waals surface area (Å²) in [6.07, 6.45) is -0.154. The first-order valence-corrected chi connectivity index (χ1v) is 5.24. The molecule has 0 radical (unpaired) electrons. The number of aliphatic carboxylic acids is 1. The Hall–Kier alpha value is -2.17. The number of hydrogen-bond donors (Lipinski definition) is 1. The van der Waals surface area contributed by atoms with Crippen LogP contribution in [-0.2, 0) is 11.2 Å². The molecule has 94 valence electrons. The molecule has 0 aliphatic carbocycles. The largest absolute Gasteiger partial charge is 0.481 e. The van der Waals surface area contributed by atoms with Crippen molar-refractivity contribution in [3.05, 3.63) is 42.0 Å². The summed E-state index contributed by atoms with van der Waals surface area (Å²) in [6, 6.07) is 9.68. The number of carbonyl (C=O) groups is 1. The number of carboxylic acid groups (broad SMARTS) is 1. The van der Waals surface area contributed by atoms with Gasteiger partial charge in [0.2, 0.25) is 0 Å². The molecule has 5 heteroatoms. The lowest BCUT2D eigenvalue weighted by molar-refractivity contribution is -0.136. The van der Waals surface area contributed by atoms with Crippen LogP contribution in [0.25, 0.3) is 10.8 Å². The van der Waals surface area contributed by atoms with Crippen molar-refractivity contribution in [1.82, 2.24) is 0 Å². The molecule has 0 aliphatic heterocycles. The van der Waals surface area contributed by atoms with Crippen LogP contribution in [0.3, 0.4) is 0 Å². The third-order valence-electron chi connectivity index (χ3n) is 2.48. The Morgan fingerprint density at radius 2 is 2.06 bits per heavy atom. The highest BCUT2D eigenvalue weighted by Gasteiger charge is 2.09. The van der Waals surface area contributed by atoms with Crippen LogP contribution in [0.4, 0.5) is 8.78 Å². The standard InChI is InChI=1S/C13H10F2O3/c14-13(15)18-11-3-1-2-9-5-4-8(6-10(9)11)7-12(16)17/h1-6,13H,7H2,(H,16,17). The van der Waals surface area contributed by atoms with Crippen molar-refractivity contribution in [1.29, 1.82) is 0 Å². The van der Waals surface area contributed by atoms with Crippen molar-refractivity contribution >= 4 is 16.7 Å². The van der Waals surface area contributed by atoms with Crippen LogP contribution in [0, 0.1) is 0 Å². The Kier molecular flexibility index (Phi) is 3.41. The summed E-state index contributed by atoms with van der Waals surface area (Å²) in [5, 5.41) is 9.91. The highest BCUT2D eigenvalue weighted by molar-refractivity contribution is 5.89. The molecular formula is C13H10F2O3. The van der Waals surface area contributed by atoms with Crippen molar-refractivity contribution in [3.63, 3.8) is 0 Å². The molecule has 2 aromatic carbocycles. The third kappa shape index (κ3) is 2.74. The molecule has 0 unspecified atom stereocenters. The smallest absolute Gasteiger partial charge is 0.387 e. The van der Waals surface area contributed by atoms with Crippen LogP contribution in [-0.4, -0.2) is 17.7 Å². The van der Waals surface area contributed by atoms with Crippen LogP contribution < -0.4 is 4.74 Å². The number of carboxylic acids is 1. The summed E-state index contributed by atoms with van der Waals surface area (Å²) in [5.74, 6) is -0.920. The summed E-state index contributed by atoms with van der Waals surface area (Å²) in [7, 11) is 0. The number of fused-ring (bicyclic) bond motifs is 1. The maximum Gasteiger partial charge on any atom is 0.387 e. The van der Waals surface area contributed by atoms with Gasteiger partial charge in [-0.3, -0.25) is 4.79 Å². The van der Waals surface area contributed by atoms with Gasteiger partial charge in [0.15, 0.2) is 0 Å². The topological polar surface area (TPSA) is 46.5 Å². The zero-order chi connectivity index (χ0) is 13.1. The molecule has 3 nitrogen and oxygen atoms in total. The van der Waals surface area contributed by atoms with Gasteiger partial charge in [0.05, 0.1) is 6.42 Å². The molecule has 0 bridgehead atoms. The monoisotopic (exact) mass is 252 g/mol. The Morgan fingerprint density at radius 1 is 1.28 bits per heavy atom. The minimum absolute atomic E-state index is 0.0507. The van der Waals surface area contributed by atoms with Gasteiger partial charge in [-0.2, -0.15) is 8.78 Å². The lowest BCUT2D eigenvalue weighted by atomic mass is 10.0. The van der Waals surface area contributed by atoms with E-state index < -0.39 is 12.6 Å². The zero-order valence-corrected chi connectivity index (χ0v) is 9.27. The Bertz CT molecular complexity index is 581. The maximum absolute atomic E-state index is 12.2. The number of hydrogen-bond acceptors (Lipinski definition) is 2. The van der Waals surface area contributed by atoms with Gasteiger partial charge in [0, 0.05) is 5.39 Å². The molecule has 2 rings (SSSR count). The number of rotatable bonds is 4. The van der Waals surface area contributed by atoms with Crippen LogP contribution in [0.5, 0.6) is 5.75 Å². The second-order valence-corrected chi connectivity index (χ2v) is 3.76. The number of ether oxygens (including phenoxy) is 1. The van der Waals surface area contributed by atoms with Crippen molar-refractivity contribution in [2.45, 2.75) is 13.0 Å². The van der Waals surface area contributed by atoms with Crippen LogP contribution in [0.1, 0.15) is 5.56 Å². The average Bonchev–Trinajstić information content (AvgIpc) is 2.28. The van der Waals surface area contributed by atoms with E-state index in [1.807, 2.05) is 0 Å². The summed E-state index contributed by atoms with van der Waals surface area (Å²) in [4.78, 5) is 10.6. The van der Waals surface area contributed by atoms with Crippen LogP contribution >= 0.6 is 0 Å². The highest BCUT2D eigenvalue weighted by atomic mass is 19.3. The van der Waals surface area contributed by atoms with Gasteiger partial charge in [-0.1, -0.05) is 24.3 Å². The number of benzene rings is 2. The van der Waals surface area contributed by atoms with E-state index in [0.717, 1.165) is 5.39 Å². The summed E-state index contributed by atoms with van der Waals surface area (Å²) >= 11 is 0. The predicted octanol–water partition coefficient (Wildman–Crippen LogP) is 3.07. The van der Waals surface area contributed by atoms with E-state index in [1.165, 1.54) is 6.07 Å². The normalized spacial score (nSPS) is 10.8. The van der Waals surface area contributed by atoms with Gasteiger partial charge in [-0.05, 0) is 23.1 Å². The van der Waals surface area contributed by atoms with Crippen molar-refractivity contribution < 1.29 is 23.4 Å². The van der Waals surface area contributed by atoms with Gasteiger partial charge in [0.25, 0.3) is 0 Å². The second-order valence-electron chi connectivity index (χ2n) is 3.76. The van der Waals surface area contributed by atoms with Crippen molar-refractivity contribution in [2.24, 2.45) is 0 Å². The first kappa shape index (κ1) is 12.3. The zero-order valence-electron chi connectivity index (χ0n) is 9.27. The fourth-order valence-electron chi connectivity index (χ4n) is 1.77. The molecule has 18 heavy (non-hydrogen) atoms. The third-order valence-corrected chi connectivity index (χ3v) is 2.48. The Morgan fingerprint density at radius 3 is 2.72 bits per heavy atom. The van der Waals surface area contributed by atoms with Crippen LogP contribution in [0.2, 0.25) is 0 Å². The SMILES string of the molecule is O=C(O)Cc1ccc2cccc(OC(F)F)c2c1. The first-order valence-electron chi connectivity index (χ1n) is 5.24. The molecular weight excluding hydrogens is 242 g/mol. The molecule has 0 atom stereocenters. The molecule has 0 amide bonds. The molecule has 2 aromatic rings. The van der Waals surface area contributed by atoms with E-state index in [9.17, 15) is 13.6 Å². The van der Waals surface area contributed by atoms with Crippen LogP contribution in [0.15, 0.2) is 36.4 Å². The minimum atomic E-state index is -2.90. The highest BCUT2D eigenvalue weighted by Crippen LogP contribution is 2.28. The van der Waals surface area contributed by atoms with Gasteiger partial charge in [-0.15, -0.1) is 0 Å². The molecule has 1 N–H and O–H groups in total. The summed E-state index contributed by atoms with van der Waals surface area (Å²) < 4.78 is 28.9. The molecule has 0 aliphatic rings. The Labute approximate surface area is 102 Å². The summed E-state index contributed by atoms with van der Waals surface area (Å²) in [6.45, 7) is -2.90. The number of halogens is 2. The van der Waals surface area contributed by atoms with Crippen molar-refractivity contribution in [2.75, 3.05) is 0 Å². The molecule has 0 spiro atoms.